The molecule has 0 bridgehead atoms. The Labute approximate surface area is 127 Å². The maximum atomic E-state index is 12.2. The summed E-state index contributed by atoms with van der Waals surface area (Å²) in [5.74, 6) is -1.88. The molecule has 1 aliphatic carbocycles. The van der Waals surface area contributed by atoms with Gasteiger partial charge < -0.3 is 10.1 Å². The fraction of sp³-hybridized carbons (Fsp3) is 0.533. The molecule has 0 atom stereocenters. The third-order valence-corrected chi connectivity index (χ3v) is 3.87. The molecule has 6 heteroatoms. The topological polar surface area (TPSA) is 38.3 Å². The highest BCUT2D eigenvalue weighted by atomic mass is 32.2. The van der Waals surface area contributed by atoms with Crippen LogP contribution in [-0.2, 0) is 4.74 Å². The van der Waals surface area contributed by atoms with Gasteiger partial charge >= 0.3 is 0 Å². The number of carbonyl (C=O) groups is 1. The Kier molecular flexibility index (Phi) is 6.45. The quantitative estimate of drug-likeness (QED) is 0.559. The summed E-state index contributed by atoms with van der Waals surface area (Å²) in [6, 6.07) is 6.18. The number of thioether (sulfide) groups is 1. The largest absolute Gasteiger partial charge is 0.381 e. The van der Waals surface area contributed by atoms with Gasteiger partial charge in [0.2, 0.25) is 0 Å². The Hall–Kier alpha value is -1.14. The van der Waals surface area contributed by atoms with Gasteiger partial charge in [0.15, 0.2) is 0 Å². The number of ether oxygens (including phenoxy) is 1. The minimum Gasteiger partial charge on any atom is -0.381 e. The van der Waals surface area contributed by atoms with Crippen molar-refractivity contribution in [2.24, 2.45) is 5.92 Å². The molecule has 0 aliphatic heterocycles. The normalized spacial score (nSPS) is 14.4. The summed E-state index contributed by atoms with van der Waals surface area (Å²) >= 11 is 0.472. The first kappa shape index (κ1) is 16.2. The molecule has 1 amide bonds. The zero-order valence-electron chi connectivity index (χ0n) is 11.7. The summed E-state index contributed by atoms with van der Waals surface area (Å²) in [6.07, 6.45) is 3.32. The van der Waals surface area contributed by atoms with Crippen LogP contribution < -0.4 is 5.32 Å². The highest BCUT2D eigenvalue weighted by Crippen LogP contribution is 2.28. The molecule has 1 aliphatic rings. The van der Waals surface area contributed by atoms with Crippen molar-refractivity contribution < 1.29 is 18.3 Å². The van der Waals surface area contributed by atoms with Crippen LogP contribution in [0.2, 0.25) is 0 Å². The van der Waals surface area contributed by atoms with E-state index in [4.69, 9.17) is 4.74 Å². The zero-order valence-corrected chi connectivity index (χ0v) is 12.5. The lowest BCUT2D eigenvalue weighted by Crippen LogP contribution is -2.25. The minimum absolute atomic E-state index is 0.189. The van der Waals surface area contributed by atoms with Gasteiger partial charge in [-0.05, 0) is 49.4 Å². The number of rotatable bonds is 9. The van der Waals surface area contributed by atoms with E-state index >= 15 is 0 Å². The van der Waals surface area contributed by atoms with Crippen LogP contribution in [0.25, 0.3) is 0 Å². The van der Waals surface area contributed by atoms with Crippen LogP contribution in [0.15, 0.2) is 29.2 Å². The lowest BCUT2D eigenvalue weighted by Gasteiger charge is -2.07. The molecule has 0 aromatic heterocycles. The van der Waals surface area contributed by atoms with Crippen LogP contribution in [0.1, 0.15) is 29.6 Å². The second-order valence-corrected chi connectivity index (χ2v) is 6.09. The second kappa shape index (κ2) is 8.34. The lowest BCUT2D eigenvalue weighted by molar-refractivity contribution is 0.0937. The lowest BCUT2D eigenvalue weighted by atomic mass is 10.2. The van der Waals surface area contributed by atoms with Crippen molar-refractivity contribution in [3.05, 3.63) is 29.8 Å². The monoisotopic (exact) mass is 315 g/mol. The summed E-state index contributed by atoms with van der Waals surface area (Å²) in [4.78, 5) is 12.3. The average molecular weight is 315 g/mol. The van der Waals surface area contributed by atoms with E-state index in [1.165, 1.54) is 25.0 Å². The van der Waals surface area contributed by atoms with Crippen molar-refractivity contribution >= 4 is 17.7 Å². The molecule has 1 aromatic rings. The highest BCUT2D eigenvalue weighted by Gasteiger charge is 2.20. The van der Waals surface area contributed by atoms with Crippen molar-refractivity contribution in [1.82, 2.24) is 5.32 Å². The van der Waals surface area contributed by atoms with Crippen LogP contribution in [0.5, 0.6) is 0 Å². The summed E-state index contributed by atoms with van der Waals surface area (Å²) in [7, 11) is 0. The van der Waals surface area contributed by atoms with E-state index in [-0.39, 0.29) is 5.91 Å². The minimum atomic E-state index is -2.44. The van der Waals surface area contributed by atoms with Gasteiger partial charge in [0.05, 0.1) is 0 Å². The summed E-state index contributed by atoms with van der Waals surface area (Å²) < 4.78 is 29.8. The summed E-state index contributed by atoms with van der Waals surface area (Å²) in [5.41, 5.74) is 0.479. The molecule has 0 unspecified atom stereocenters. The van der Waals surface area contributed by atoms with Crippen molar-refractivity contribution in [2.75, 3.05) is 19.8 Å². The number of carbonyl (C=O) groups excluding carboxylic acids is 1. The molecule has 0 saturated heterocycles. The number of hydrogen-bond acceptors (Lipinski definition) is 3. The van der Waals surface area contributed by atoms with E-state index < -0.39 is 5.76 Å². The van der Waals surface area contributed by atoms with Gasteiger partial charge in [-0.15, -0.1) is 0 Å². The summed E-state index contributed by atoms with van der Waals surface area (Å²) in [5, 5.41) is 2.79. The SMILES string of the molecule is O=C(NCCCOCC1CC1)c1ccc(SC(F)F)cc1. The first-order chi connectivity index (χ1) is 10.1. The first-order valence-corrected chi connectivity index (χ1v) is 7.94. The van der Waals surface area contributed by atoms with Gasteiger partial charge in [-0.2, -0.15) is 8.78 Å². The molecule has 21 heavy (non-hydrogen) atoms. The Balaban J connectivity index is 1.62. The molecule has 1 N–H and O–H groups in total. The van der Waals surface area contributed by atoms with E-state index in [1.807, 2.05) is 0 Å². The molecule has 1 fully saturated rings. The van der Waals surface area contributed by atoms with E-state index in [0.29, 0.717) is 35.4 Å². The van der Waals surface area contributed by atoms with E-state index in [1.54, 1.807) is 12.1 Å². The number of halogens is 2. The third kappa shape index (κ3) is 6.44. The molecular weight excluding hydrogens is 296 g/mol. The number of nitrogens with one attached hydrogen (secondary N) is 1. The predicted octanol–water partition coefficient (Wildman–Crippen LogP) is 3.55. The van der Waals surface area contributed by atoms with Crippen LogP contribution in [0.4, 0.5) is 8.78 Å². The number of alkyl halides is 2. The van der Waals surface area contributed by atoms with Crippen molar-refractivity contribution in [3.8, 4) is 0 Å². The highest BCUT2D eigenvalue weighted by molar-refractivity contribution is 7.99. The van der Waals surface area contributed by atoms with E-state index in [9.17, 15) is 13.6 Å². The first-order valence-electron chi connectivity index (χ1n) is 7.06. The van der Waals surface area contributed by atoms with E-state index in [0.717, 1.165) is 18.9 Å². The second-order valence-electron chi connectivity index (χ2n) is 5.03. The van der Waals surface area contributed by atoms with Crippen molar-refractivity contribution in [1.29, 1.82) is 0 Å². The number of amides is 1. The van der Waals surface area contributed by atoms with E-state index in [2.05, 4.69) is 5.32 Å². The molecule has 0 radical (unpaired) electrons. The molecule has 3 nitrogen and oxygen atoms in total. The van der Waals surface area contributed by atoms with Gasteiger partial charge in [0.25, 0.3) is 11.7 Å². The van der Waals surface area contributed by atoms with Gasteiger partial charge in [0, 0.05) is 30.2 Å². The number of hydrogen-bond donors (Lipinski definition) is 1. The Morgan fingerprint density at radius 3 is 2.67 bits per heavy atom. The van der Waals surface area contributed by atoms with Crippen LogP contribution in [0.3, 0.4) is 0 Å². The Bertz CT molecular complexity index is 449. The van der Waals surface area contributed by atoms with Crippen LogP contribution in [-0.4, -0.2) is 31.4 Å². The van der Waals surface area contributed by atoms with Crippen LogP contribution in [0, 0.1) is 5.92 Å². The van der Waals surface area contributed by atoms with Crippen molar-refractivity contribution in [3.63, 3.8) is 0 Å². The third-order valence-electron chi connectivity index (χ3n) is 3.14. The van der Waals surface area contributed by atoms with Gasteiger partial charge in [-0.3, -0.25) is 4.79 Å². The standard InChI is InChI=1S/C15H19F2NO2S/c16-15(17)21-13-6-4-12(5-7-13)14(19)18-8-1-9-20-10-11-2-3-11/h4-7,11,15H,1-3,8-10H2,(H,18,19). The maximum Gasteiger partial charge on any atom is 0.288 e. The summed E-state index contributed by atoms with van der Waals surface area (Å²) in [6.45, 7) is 2.04. The molecule has 116 valence electrons. The van der Waals surface area contributed by atoms with Gasteiger partial charge in [-0.25, -0.2) is 0 Å². The number of benzene rings is 1. The predicted molar refractivity (Wildman–Crippen MR) is 78.8 cm³/mol. The molecular formula is C15H19F2NO2S. The zero-order chi connectivity index (χ0) is 15.1. The average Bonchev–Trinajstić information content (AvgIpc) is 3.26. The Morgan fingerprint density at radius 1 is 1.33 bits per heavy atom. The fourth-order valence-corrected chi connectivity index (χ4v) is 2.30. The van der Waals surface area contributed by atoms with Crippen molar-refractivity contribution in [2.45, 2.75) is 29.9 Å². The molecule has 2 rings (SSSR count). The molecule has 0 heterocycles. The smallest absolute Gasteiger partial charge is 0.288 e. The molecule has 1 saturated carbocycles. The fourth-order valence-electron chi connectivity index (χ4n) is 1.80. The van der Waals surface area contributed by atoms with Gasteiger partial charge in [0.1, 0.15) is 0 Å². The Morgan fingerprint density at radius 2 is 2.05 bits per heavy atom. The van der Waals surface area contributed by atoms with Crippen LogP contribution >= 0.6 is 11.8 Å². The molecule has 1 aromatic carbocycles. The van der Waals surface area contributed by atoms with Gasteiger partial charge in [-0.1, -0.05) is 11.8 Å². The molecule has 0 spiro atoms. The maximum absolute atomic E-state index is 12.2.